The second-order valence-electron chi connectivity index (χ2n) is 9.98. The molecular formula is C33H31BrN2O5S. The van der Waals surface area contributed by atoms with Crippen LogP contribution in [0.3, 0.4) is 0 Å². The molecule has 7 nitrogen and oxygen atoms in total. The van der Waals surface area contributed by atoms with E-state index >= 15 is 0 Å². The Morgan fingerprint density at radius 2 is 1.74 bits per heavy atom. The van der Waals surface area contributed by atoms with Gasteiger partial charge in [0.2, 0.25) is 0 Å². The first-order valence-electron chi connectivity index (χ1n) is 13.6. The fourth-order valence-electron chi connectivity index (χ4n) is 4.96. The summed E-state index contributed by atoms with van der Waals surface area (Å²) in [6, 6.07) is 20.4. The smallest absolute Gasteiger partial charge is 0.338 e. The molecule has 0 saturated carbocycles. The Balaban J connectivity index is 1.82. The van der Waals surface area contributed by atoms with Crippen molar-refractivity contribution < 1.29 is 19.0 Å². The number of thiazole rings is 1. The van der Waals surface area contributed by atoms with Crippen LogP contribution in [0.1, 0.15) is 55.0 Å². The minimum atomic E-state index is -0.733. The predicted molar refractivity (Wildman–Crippen MR) is 169 cm³/mol. The Morgan fingerprint density at radius 1 is 1.05 bits per heavy atom. The van der Waals surface area contributed by atoms with Gasteiger partial charge in [0.05, 0.1) is 47.1 Å². The quantitative estimate of drug-likeness (QED) is 0.225. The summed E-state index contributed by atoms with van der Waals surface area (Å²) < 4.78 is 19.3. The van der Waals surface area contributed by atoms with Crippen LogP contribution in [0.25, 0.3) is 11.8 Å². The highest BCUT2D eigenvalue weighted by Crippen LogP contribution is 2.36. The van der Waals surface area contributed by atoms with Crippen LogP contribution in [0.2, 0.25) is 0 Å². The van der Waals surface area contributed by atoms with Crippen molar-refractivity contribution in [2.45, 2.75) is 32.7 Å². The molecule has 3 aromatic carbocycles. The highest BCUT2D eigenvalue weighted by atomic mass is 79.9. The van der Waals surface area contributed by atoms with E-state index < -0.39 is 12.0 Å². The molecule has 42 heavy (non-hydrogen) atoms. The number of carbonyl (C=O) groups is 1. The van der Waals surface area contributed by atoms with Gasteiger partial charge in [-0.1, -0.05) is 79.8 Å². The second-order valence-corrected chi connectivity index (χ2v) is 11.8. The number of aromatic nitrogens is 1. The van der Waals surface area contributed by atoms with Crippen molar-refractivity contribution in [2.75, 3.05) is 20.8 Å². The Morgan fingerprint density at radius 3 is 2.36 bits per heavy atom. The van der Waals surface area contributed by atoms with E-state index in [0.29, 0.717) is 43.6 Å². The lowest BCUT2D eigenvalue weighted by atomic mass is 9.91. The number of carbonyl (C=O) groups excluding carboxylic acids is 1. The van der Waals surface area contributed by atoms with E-state index in [-0.39, 0.29) is 12.2 Å². The molecule has 4 aromatic rings. The van der Waals surface area contributed by atoms with Gasteiger partial charge in [-0.2, -0.15) is 0 Å². The highest BCUT2D eigenvalue weighted by molar-refractivity contribution is 9.10. The Bertz CT molecular complexity index is 1840. The summed E-state index contributed by atoms with van der Waals surface area (Å²) in [6.07, 6.45) is 1.78. The molecule has 0 radical (unpaired) electrons. The van der Waals surface area contributed by atoms with E-state index in [2.05, 4.69) is 29.8 Å². The fourth-order valence-corrected chi connectivity index (χ4v) is 6.47. The summed E-state index contributed by atoms with van der Waals surface area (Å²) in [6.45, 7) is 6.21. The van der Waals surface area contributed by atoms with Crippen LogP contribution in [0.4, 0.5) is 0 Å². The Kier molecular flexibility index (Phi) is 8.80. The maximum absolute atomic E-state index is 14.2. The van der Waals surface area contributed by atoms with Crippen LogP contribution >= 0.6 is 27.3 Å². The molecule has 1 aliphatic rings. The van der Waals surface area contributed by atoms with E-state index in [1.54, 1.807) is 37.9 Å². The number of ether oxygens (including phenoxy) is 3. The number of hydrogen-bond acceptors (Lipinski definition) is 7. The van der Waals surface area contributed by atoms with Crippen molar-refractivity contribution in [3.63, 3.8) is 0 Å². The molecular weight excluding hydrogens is 616 g/mol. The van der Waals surface area contributed by atoms with Crippen LogP contribution in [-0.4, -0.2) is 31.4 Å². The molecule has 0 aliphatic carbocycles. The molecule has 0 spiro atoms. The lowest BCUT2D eigenvalue weighted by molar-refractivity contribution is -0.138. The van der Waals surface area contributed by atoms with Crippen LogP contribution in [0, 0.1) is 0 Å². The lowest BCUT2D eigenvalue weighted by Crippen LogP contribution is -2.40. The first kappa shape index (κ1) is 29.5. The van der Waals surface area contributed by atoms with E-state index in [1.165, 1.54) is 11.3 Å². The number of fused-ring (bicyclic) bond motifs is 1. The van der Waals surface area contributed by atoms with Gasteiger partial charge < -0.3 is 14.2 Å². The second kappa shape index (κ2) is 12.5. The Labute approximate surface area is 256 Å². The number of rotatable bonds is 8. The SMILES string of the molecule is CCOC(=O)C1=C(c2ccccc2)N=c2s/c(=C\c3cc(Br)c(OC)cc3OC)c(=O)n2[C@@H]1c1ccc(C(C)C)cc1. The first-order chi connectivity index (χ1) is 20.3. The average Bonchev–Trinajstić information content (AvgIpc) is 3.31. The summed E-state index contributed by atoms with van der Waals surface area (Å²) in [5.41, 5.74) is 3.97. The molecule has 9 heteroatoms. The summed E-state index contributed by atoms with van der Waals surface area (Å²) in [5, 5.41) is 0. The molecule has 1 aliphatic heterocycles. The molecule has 0 saturated heterocycles. The van der Waals surface area contributed by atoms with Gasteiger partial charge in [-0.05, 0) is 52.0 Å². The zero-order valence-electron chi connectivity index (χ0n) is 24.0. The standard InChI is InChI=1S/C33H31BrN2O5S/c1-6-41-32(38)28-29(21-10-8-7-9-11-21)35-33-36(30(28)22-14-12-20(13-15-22)19(2)3)31(37)27(42-33)17-23-16-24(34)26(40-5)18-25(23)39-4/h7-19,30H,6H2,1-5H3/b27-17-/t30-/m1/s1. The topological polar surface area (TPSA) is 79.1 Å². The molecule has 0 amide bonds. The number of nitrogens with zero attached hydrogens (tertiary/aromatic N) is 2. The van der Waals surface area contributed by atoms with Gasteiger partial charge in [0.25, 0.3) is 5.56 Å². The fraction of sp³-hybridized carbons (Fsp3) is 0.242. The molecule has 1 aromatic heterocycles. The molecule has 0 unspecified atom stereocenters. The molecule has 0 N–H and O–H groups in total. The number of esters is 1. The largest absolute Gasteiger partial charge is 0.496 e. The monoisotopic (exact) mass is 646 g/mol. The van der Waals surface area contributed by atoms with Crippen molar-refractivity contribution in [3.8, 4) is 11.5 Å². The van der Waals surface area contributed by atoms with Crippen molar-refractivity contribution in [1.82, 2.24) is 4.57 Å². The summed E-state index contributed by atoms with van der Waals surface area (Å²) in [7, 11) is 3.15. The van der Waals surface area contributed by atoms with Gasteiger partial charge >= 0.3 is 5.97 Å². The minimum absolute atomic E-state index is 0.194. The zero-order valence-corrected chi connectivity index (χ0v) is 26.4. The first-order valence-corrected chi connectivity index (χ1v) is 15.2. The zero-order chi connectivity index (χ0) is 30.0. The highest BCUT2D eigenvalue weighted by Gasteiger charge is 2.35. The maximum Gasteiger partial charge on any atom is 0.338 e. The maximum atomic E-state index is 14.2. The molecule has 2 heterocycles. The number of halogens is 1. The van der Waals surface area contributed by atoms with Gasteiger partial charge in [-0.15, -0.1) is 0 Å². The van der Waals surface area contributed by atoms with Gasteiger partial charge in [-0.3, -0.25) is 9.36 Å². The third kappa shape index (κ3) is 5.58. The van der Waals surface area contributed by atoms with Gasteiger partial charge in [0.15, 0.2) is 4.80 Å². The molecule has 216 valence electrons. The molecule has 0 fully saturated rings. The minimum Gasteiger partial charge on any atom is -0.496 e. The summed E-state index contributed by atoms with van der Waals surface area (Å²) >= 11 is 4.79. The van der Waals surface area contributed by atoms with E-state index in [9.17, 15) is 9.59 Å². The van der Waals surface area contributed by atoms with Gasteiger partial charge in [0.1, 0.15) is 11.5 Å². The summed E-state index contributed by atoms with van der Waals surface area (Å²) in [5.74, 6) is 0.994. The molecule has 5 rings (SSSR count). The van der Waals surface area contributed by atoms with Gasteiger partial charge in [-0.25, -0.2) is 9.79 Å². The van der Waals surface area contributed by atoms with Crippen molar-refractivity contribution >= 4 is 45.0 Å². The normalized spacial score (nSPS) is 14.9. The lowest BCUT2D eigenvalue weighted by Gasteiger charge is -2.26. The number of benzene rings is 3. The van der Waals surface area contributed by atoms with E-state index in [1.807, 2.05) is 60.7 Å². The van der Waals surface area contributed by atoms with Crippen molar-refractivity contribution in [1.29, 1.82) is 0 Å². The third-order valence-electron chi connectivity index (χ3n) is 7.08. The van der Waals surface area contributed by atoms with Crippen molar-refractivity contribution in [3.05, 3.63) is 119 Å². The van der Waals surface area contributed by atoms with Crippen LogP contribution < -0.4 is 24.4 Å². The number of hydrogen-bond donors (Lipinski definition) is 0. The van der Waals surface area contributed by atoms with Gasteiger partial charge in [0, 0.05) is 17.2 Å². The summed E-state index contributed by atoms with van der Waals surface area (Å²) in [4.78, 5) is 33.2. The predicted octanol–water partition coefficient (Wildman–Crippen LogP) is 5.84. The number of methoxy groups -OCH3 is 2. The average molecular weight is 648 g/mol. The molecule has 0 bridgehead atoms. The van der Waals surface area contributed by atoms with Crippen LogP contribution in [-0.2, 0) is 9.53 Å². The Hall–Kier alpha value is -3.95. The van der Waals surface area contributed by atoms with E-state index in [4.69, 9.17) is 19.2 Å². The third-order valence-corrected chi connectivity index (χ3v) is 8.69. The molecule has 1 atom stereocenters. The van der Waals surface area contributed by atoms with Crippen LogP contribution in [0.15, 0.2) is 86.6 Å². The van der Waals surface area contributed by atoms with E-state index in [0.717, 1.165) is 21.2 Å². The van der Waals surface area contributed by atoms with Crippen molar-refractivity contribution in [2.24, 2.45) is 4.99 Å². The van der Waals surface area contributed by atoms with Crippen LogP contribution in [0.5, 0.6) is 11.5 Å².